The number of aliphatic hydroxyl groups excluding tert-OH is 3. The Morgan fingerprint density at radius 2 is 1.70 bits per heavy atom. The Morgan fingerprint density at radius 1 is 1.03 bits per heavy atom. The molecule has 0 spiro atoms. The van der Waals surface area contributed by atoms with E-state index in [0.29, 0.717) is 38.5 Å². The second-order valence-corrected chi connectivity index (χ2v) is 8.93. The number of hydrogen-bond donors (Lipinski definition) is 4. The number of carboxylic acids is 1. The third-order valence-corrected chi connectivity index (χ3v) is 6.47. The van der Waals surface area contributed by atoms with Crippen molar-refractivity contribution < 1.29 is 49.0 Å². The van der Waals surface area contributed by atoms with Crippen LogP contribution < -0.4 is 4.74 Å². The van der Waals surface area contributed by atoms with E-state index in [0.717, 1.165) is 0 Å². The molecule has 2 heterocycles. The molecule has 4 rings (SSSR count). The molecule has 3 aromatic rings. The fourth-order valence-electron chi connectivity index (χ4n) is 4.26. The summed E-state index contributed by atoms with van der Waals surface area (Å²) in [6, 6.07) is 11.3. The lowest BCUT2D eigenvalue weighted by Crippen LogP contribution is -2.60. The average molecular weight is 534 g/mol. The van der Waals surface area contributed by atoms with Crippen LogP contribution in [0.3, 0.4) is 0 Å². The number of carboxylic acid groups (broad SMARTS) is 1. The summed E-state index contributed by atoms with van der Waals surface area (Å²) in [5.74, 6) is -2.42. The predicted octanol–water partition coefficient (Wildman–Crippen LogP) is 1.28. The van der Waals surface area contributed by atoms with E-state index in [4.69, 9.17) is 25.8 Å². The fraction of sp³-hybridized carbons (Fsp3) is 0.320. The number of fused-ring (bicyclic) bond motifs is 1. The average Bonchev–Trinajstić information content (AvgIpc) is 3.14. The summed E-state index contributed by atoms with van der Waals surface area (Å²) in [5.41, 5.74) is 1.71. The highest BCUT2D eigenvalue weighted by Gasteiger charge is 2.48. The van der Waals surface area contributed by atoms with Crippen LogP contribution in [0.5, 0.6) is 5.75 Å². The van der Waals surface area contributed by atoms with Crippen molar-refractivity contribution >= 4 is 40.3 Å². The molecule has 1 fully saturated rings. The van der Waals surface area contributed by atoms with E-state index in [1.54, 1.807) is 49.4 Å². The third kappa shape index (κ3) is 5.04. The molecule has 0 aliphatic carbocycles. The molecular weight excluding hydrogens is 510 g/mol. The van der Waals surface area contributed by atoms with Gasteiger partial charge >= 0.3 is 11.9 Å². The van der Waals surface area contributed by atoms with Gasteiger partial charge in [-0.2, -0.15) is 0 Å². The molecule has 5 atom stereocenters. The smallest absolute Gasteiger partial charge is 0.335 e. The summed E-state index contributed by atoms with van der Waals surface area (Å²) < 4.78 is 16.9. The van der Waals surface area contributed by atoms with E-state index in [1.807, 2.05) is 0 Å². The van der Waals surface area contributed by atoms with Gasteiger partial charge in [0.2, 0.25) is 6.29 Å². The number of methoxy groups -OCH3 is 1. The van der Waals surface area contributed by atoms with Crippen molar-refractivity contribution in [3.8, 4) is 5.75 Å². The summed E-state index contributed by atoms with van der Waals surface area (Å²) in [4.78, 5) is 37.6. The zero-order valence-corrected chi connectivity index (χ0v) is 20.5. The van der Waals surface area contributed by atoms with Gasteiger partial charge in [-0.15, -0.1) is 0 Å². The van der Waals surface area contributed by atoms with E-state index < -0.39 is 42.6 Å². The number of benzene rings is 2. The minimum Gasteiger partial charge on any atom is -0.497 e. The van der Waals surface area contributed by atoms with Crippen molar-refractivity contribution in [2.45, 2.75) is 44.1 Å². The highest BCUT2D eigenvalue weighted by Crippen LogP contribution is 2.31. The number of esters is 1. The zero-order valence-electron chi connectivity index (χ0n) is 19.7. The summed E-state index contributed by atoms with van der Waals surface area (Å²) in [6.45, 7) is 1.65. The number of rotatable bonds is 6. The van der Waals surface area contributed by atoms with Crippen molar-refractivity contribution in [1.82, 2.24) is 4.57 Å². The molecule has 196 valence electrons. The van der Waals surface area contributed by atoms with Gasteiger partial charge in [0.1, 0.15) is 24.1 Å². The number of ether oxygens (including phenoxy) is 3. The highest BCUT2D eigenvalue weighted by molar-refractivity contribution is 6.30. The minimum atomic E-state index is -1.92. The first kappa shape index (κ1) is 26.6. The van der Waals surface area contributed by atoms with Crippen LogP contribution in [0.15, 0.2) is 42.5 Å². The molecule has 0 radical (unpaired) electrons. The SMILES string of the molecule is COc1ccc2c(c1)c(CC(=O)O[C@H]1O[C@H](C(=O)O)[C@@H](O)[C@@H](O)[C@H]1O)c(C)n2C(=O)c1ccc(Cl)cc1. The van der Waals surface area contributed by atoms with Crippen molar-refractivity contribution in [2.75, 3.05) is 7.11 Å². The van der Waals surface area contributed by atoms with Crippen LogP contribution in [0.1, 0.15) is 21.6 Å². The van der Waals surface area contributed by atoms with E-state index in [9.17, 15) is 34.8 Å². The lowest BCUT2D eigenvalue weighted by molar-refractivity contribution is -0.286. The van der Waals surface area contributed by atoms with Gasteiger partial charge in [0.05, 0.1) is 19.0 Å². The molecule has 0 unspecified atom stereocenters. The standard InChI is InChI=1S/C25H24ClNO10/c1-11-15(10-18(28)36-25-21(31)19(29)20(30)22(37-25)24(33)34)16-9-14(35-2)7-8-17(16)27(11)23(32)12-3-5-13(26)6-4-12/h3-9,19-22,25,29-31H,10H2,1-2H3,(H,33,34)/t19-,20+,21-,22+,25+/m1/s1. The van der Waals surface area contributed by atoms with Crippen molar-refractivity contribution in [1.29, 1.82) is 0 Å². The molecule has 12 heteroatoms. The first-order valence-corrected chi connectivity index (χ1v) is 11.5. The Bertz CT molecular complexity index is 1350. The number of carbonyl (C=O) groups excluding carboxylic acids is 2. The van der Waals surface area contributed by atoms with E-state index in [1.165, 1.54) is 11.7 Å². The summed E-state index contributed by atoms with van der Waals surface area (Å²) in [5, 5.41) is 40.1. The molecule has 0 amide bonds. The van der Waals surface area contributed by atoms with Crippen LogP contribution in [-0.2, 0) is 25.5 Å². The van der Waals surface area contributed by atoms with Gasteiger partial charge in [-0.1, -0.05) is 11.6 Å². The van der Waals surface area contributed by atoms with Gasteiger partial charge in [0.15, 0.2) is 6.10 Å². The number of hydrogen-bond acceptors (Lipinski definition) is 9. The summed E-state index contributed by atoms with van der Waals surface area (Å²) in [7, 11) is 1.47. The molecule has 0 bridgehead atoms. The van der Waals surface area contributed by atoms with Crippen LogP contribution in [0.25, 0.3) is 10.9 Å². The van der Waals surface area contributed by atoms with Gasteiger partial charge in [-0.3, -0.25) is 14.2 Å². The first-order chi connectivity index (χ1) is 17.5. The van der Waals surface area contributed by atoms with Crippen LogP contribution in [0.2, 0.25) is 5.02 Å². The maximum atomic E-state index is 13.4. The van der Waals surface area contributed by atoms with E-state index in [2.05, 4.69) is 0 Å². The molecule has 2 aromatic carbocycles. The fourth-order valence-corrected chi connectivity index (χ4v) is 4.39. The lowest BCUT2D eigenvalue weighted by atomic mass is 9.99. The Morgan fingerprint density at radius 3 is 2.32 bits per heavy atom. The second kappa shape index (κ2) is 10.5. The van der Waals surface area contributed by atoms with Gasteiger partial charge < -0.3 is 34.6 Å². The Hall–Kier alpha value is -3.48. The molecule has 1 aliphatic rings. The Labute approximate surface area is 215 Å². The number of halogens is 1. The third-order valence-electron chi connectivity index (χ3n) is 6.22. The maximum Gasteiger partial charge on any atom is 0.335 e. The molecule has 1 aromatic heterocycles. The molecular formula is C25H24ClNO10. The summed E-state index contributed by atoms with van der Waals surface area (Å²) >= 11 is 5.94. The largest absolute Gasteiger partial charge is 0.497 e. The minimum absolute atomic E-state index is 0.361. The van der Waals surface area contributed by atoms with Crippen molar-refractivity contribution in [3.63, 3.8) is 0 Å². The van der Waals surface area contributed by atoms with Crippen molar-refractivity contribution in [2.24, 2.45) is 0 Å². The van der Waals surface area contributed by atoms with E-state index >= 15 is 0 Å². The van der Waals surface area contributed by atoms with Gasteiger partial charge in [-0.25, -0.2) is 4.79 Å². The zero-order chi connectivity index (χ0) is 27.0. The Balaban J connectivity index is 1.67. The molecule has 37 heavy (non-hydrogen) atoms. The molecule has 1 aliphatic heterocycles. The Kier molecular flexibility index (Phi) is 7.53. The highest BCUT2D eigenvalue weighted by atomic mass is 35.5. The van der Waals surface area contributed by atoms with Crippen LogP contribution in [-0.4, -0.2) is 80.7 Å². The topological polar surface area (TPSA) is 165 Å². The van der Waals surface area contributed by atoms with Crippen LogP contribution in [0, 0.1) is 6.92 Å². The maximum absolute atomic E-state index is 13.4. The van der Waals surface area contributed by atoms with Crippen LogP contribution >= 0.6 is 11.6 Å². The molecule has 11 nitrogen and oxygen atoms in total. The normalized spacial score (nSPS) is 23.6. The number of nitrogens with zero attached hydrogens (tertiary/aromatic N) is 1. The van der Waals surface area contributed by atoms with E-state index in [-0.39, 0.29) is 12.3 Å². The molecule has 4 N–H and O–H groups in total. The molecule has 1 saturated heterocycles. The number of carbonyl (C=O) groups is 3. The van der Waals surface area contributed by atoms with Crippen molar-refractivity contribution in [3.05, 3.63) is 64.3 Å². The van der Waals surface area contributed by atoms with Crippen LogP contribution in [0.4, 0.5) is 0 Å². The number of aliphatic carboxylic acids is 1. The molecule has 0 saturated carbocycles. The predicted molar refractivity (Wildman–Crippen MR) is 129 cm³/mol. The monoisotopic (exact) mass is 533 g/mol. The van der Waals surface area contributed by atoms with Gasteiger partial charge in [-0.05, 0) is 55.0 Å². The second-order valence-electron chi connectivity index (χ2n) is 8.50. The lowest BCUT2D eigenvalue weighted by Gasteiger charge is -2.37. The first-order valence-electron chi connectivity index (χ1n) is 11.1. The quantitative estimate of drug-likeness (QED) is 0.339. The number of aliphatic hydroxyl groups is 3. The van der Waals surface area contributed by atoms with Gasteiger partial charge in [0.25, 0.3) is 5.91 Å². The summed E-state index contributed by atoms with van der Waals surface area (Å²) in [6.07, 6.45) is -9.87. The number of aromatic nitrogens is 1. The van der Waals surface area contributed by atoms with Gasteiger partial charge in [0, 0.05) is 21.7 Å².